The predicted octanol–water partition coefficient (Wildman–Crippen LogP) is 1.80. The Morgan fingerprint density at radius 1 is 1.61 bits per heavy atom. The highest BCUT2D eigenvalue weighted by molar-refractivity contribution is 7.09. The lowest BCUT2D eigenvalue weighted by Crippen LogP contribution is -2.45. The quantitative estimate of drug-likeness (QED) is 0.379. The average molecular weight is 268 g/mol. The molecule has 2 rings (SSSR count). The van der Waals surface area contributed by atoms with Crippen molar-refractivity contribution in [3.8, 4) is 0 Å². The monoisotopic (exact) mass is 268 g/mol. The number of aryl methyl sites for hydroxylation is 1. The third-order valence-electron chi connectivity index (χ3n) is 3.71. The van der Waals surface area contributed by atoms with Crippen molar-refractivity contribution >= 4 is 17.2 Å². The summed E-state index contributed by atoms with van der Waals surface area (Å²) < 4.78 is 0. The van der Waals surface area contributed by atoms with Gasteiger partial charge in [0, 0.05) is 16.5 Å². The maximum atomic E-state index is 8.80. The van der Waals surface area contributed by atoms with Gasteiger partial charge in [0.15, 0.2) is 0 Å². The van der Waals surface area contributed by atoms with Crippen LogP contribution in [0, 0.1) is 12.3 Å². The highest BCUT2D eigenvalue weighted by Gasteiger charge is 2.34. The third kappa shape index (κ3) is 2.81. The molecule has 0 unspecified atom stereocenters. The van der Waals surface area contributed by atoms with Crippen LogP contribution in [0.4, 0.5) is 0 Å². The number of rotatable bonds is 3. The summed E-state index contributed by atoms with van der Waals surface area (Å²) in [5, 5.41) is 15.2. The zero-order chi connectivity index (χ0) is 13.2. The van der Waals surface area contributed by atoms with Crippen molar-refractivity contribution in [1.82, 2.24) is 9.88 Å². The van der Waals surface area contributed by atoms with Gasteiger partial charge < -0.3 is 10.9 Å². The largest absolute Gasteiger partial charge is 0.409 e. The van der Waals surface area contributed by atoms with Crippen molar-refractivity contribution in [1.29, 1.82) is 0 Å². The van der Waals surface area contributed by atoms with E-state index in [2.05, 4.69) is 27.3 Å². The third-order valence-corrected chi connectivity index (χ3v) is 4.66. The number of thiazole rings is 1. The maximum Gasteiger partial charge on any atom is 0.145 e. The van der Waals surface area contributed by atoms with Crippen LogP contribution in [-0.4, -0.2) is 34.0 Å². The highest BCUT2D eigenvalue weighted by atomic mass is 32.1. The SMILES string of the molecule is Cc1csc(CN2CCC(C)(C(N)=NO)CC2)n1. The Kier molecular flexibility index (Phi) is 3.87. The number of nitrogens with two attached hydrogens (primary N) is 1. The second-order valence-electron chi connectivity index (χ2n) is 5.20. The second-order valence-corrected chi connectivity index (χ2v) is 6.15. The van der Waals surface area contributed by atoms with E-state index in [1.54, 1.807) is 11.3 Å². The number of piperidine rings is 1. The lowest BCUT2D eigenvalue weighted by atomic mass is 9.79. The van der Waals surface area contributed by atoms with E-state index in [-0.39, 0.29) is 5.41 Å². The van der Waals surface area contributed by atoms with Gasteiger partial charge in [-0.1, -0.05) is 12.1 Å². The molecule has 18 heavy (non-hydrogen) atoms. The molecule has 0 bridgehead atoms. The molecule has 0 aliphatic carbocycles. The molecule has 0 spiro atoms. The number of nitrogens with zero attached hydrogens (tertiary/aromatic N) is 3. The van der Waals surface area contributed by atoms with E-state index in [0.29, 0.717) is 5.84 Å². The van der Waals surface area contributed by atoms with Gasteiger partial charge in [-0.2, -0.15) is 0 Å². The lowest BCUT2D eigenvalue weighted by Gasteiger charge is -2.38. The van der Waals surface area contributed by atoms with Gasteiger partial charge in [-0.05, 0) is 32.9 Å². The topological polar surface area (TPSA) is 74.7 Å². The number of aromatic nitrogens is 1. The Morgan fingerprint density at radius 3 is 2.78 bits per heavy atom. The van der Waals surface area contributed by atoms with E-state index >= 15 is 0 Å². The van der Waals surface area contributed by atoms with Crippen molar-refractivity contribution in [3.05, 3.63) is 16.1 Å². The molecule has 0 aromatic carbocycles. The van der Waals surface area contributed by atoms with Crippen molar-refractivity contribution in [2.24, 2.45) is 16.3 Å². The first kappa shape index (κ1) is 13.3. The normalized spacial score (nSPS) is 21.1. The Bertz CT molecular complexity index is 435. The lowest BCUT2D eigenvalue weighted by molar-refractivity contribution is 0.153. The van der Waals surface area contributed by atoms with Gasteiger partial charge in [0.2, 0.25) is 0 Å². The molecule has 1 saturated heterocycles. The molecule has 6 heteroatoms. The fourth-order valence-corrected chi connectivity index (χ4v) is 3.06. The Hall–Kier alpha value is -1.14. The first-order valence-electron chi connectivity index (χ1n) is 6.15. The molecule has 1 aromatic rings. The van der Waals surface area contributed by atoms with E-state index in [9.17, 15) is 0 Å². The molecule has 3 N–H and O–H groups in total. The molecule has 1 fully saturated rings. The number of oxime groups is 1. The fraction of sp³-hybridized carbons (Fsp3) is 0.667. The van der Waals surface area contributed by atoms with Crippen LogP contribution in [0.25, 0.3) is 0 Å². The number of hydrogen-bond donors (Lipinski definition) is 2. The van der Waals surface area contributed by atoms with Crippen LogP contribution >= 0.6 is 11.3 Å². The summed E-state index contributed by atoms with van der Waals surface area (Å²) in [6, 6.07) is 0. The molecule has 1 aliphatic rings. The van der Waals surface area contributed by atoms with Crippen molar-refractivity contribution in [2.45, 2.75) is 33.2 Å². The van der Waals surface area contributed by atoms with E-state index in [0.717, 1.165) is 38.2 Å². The van der Waals surface area contributed by atoms with Gasteiger partial charge in [-0.25, -0.2) is 4.98 Å². The molecule has 0 amide bonds. The smallest absolute Gasteiger partial charge is 0.145 e. The van der Waals surface area contributed by atoms with Crippen LogP contribution in [0.15, 0.2) is 10.5 Å². The second kappa shape index (κ2) is 5.24. The van der Waals surface area contributed by atoms with E-state index in [4.69, 9.17) is 10.9 Å². The van der Waals surface area contributed by atoms with Gasteiger partial charge in [0.25, 0.3) is 0 Å². The molecule has 100 valence electrons. The summed E-state index contributed by atoms with van der Waals surface area (Å²) in [5.74, 6) is 0.354. The summed E-state index contributed by atoms with van der Waals surface area (Å²) in [4.78, 5) is 6.86. The van der Waals surface area contributed by atoms with Crippen molar-refractivity contribution in [2.75, 3.05) is 13.1 Å². The summed E-state index contributed by atoms with van der Waals surface area (Å²) in [6.07, 6.45) is 1.85. The summed E-state index contributed by atoms with van der Waals surface area (Å²) in [7, 11) is 0. The number of likely N-dealkylation sites (tertiary alicyclic amines) is 1. The maximum absolute atomic E-state index is 8.80. The summed E-state index contributed by atoms with van der Waals surface area (Å²) in [5.41, 5.74) is 6.68. The molecule has 1 aromatic heterocycles. The summed E-state index contributed by atoms with van der Waals surface area (Å²) >= 11 is 1.71. The molecule has 5 nitrogen and oxygen atoms in total. The van der Waals surface area contributed by atoms with E-state index < -0.39 is 0 Å². The number of amidine groups is 1. The predicted molar refractivity (Wildman–Crippen MR) is 72.9 cm³/mol. The van der Waals surface area contributed by atoms with Gasteiger partial charge >= 0.3 is 0 Å². The van der Waals surface area contributed by atoms with Crippen molar-refractivity contribution < 1.29 is 5.21 Å². The molecule has 2 heterocycles. The Labute approximate surface area is 111 Å². The van der Waals surface area contributed by atoms with Crippen LogP contribution < -0.4 is 5.73 Å². The minimum atomic E-state index is -0.163. The van der Waals surface area contributed by atoms with Gasteiger partial charge in [-0.15, -0.1) is 11.3 Å². The Balaban J connectivity index is 1.91. The molecule has 0 radical (unpaired) electrons. The molecule has 0 atom stereocenters. The van der Waals surface area contributed by atoms with Crippen molar-refractivity contribution in [3.63, 3.8) is 0 Å². The minimum absolute atomic E-state index is 0.163. The first-order valence-corrected chi connectivity index (χ1v) is 7.03. The molecule has 0 saturated carbocycles. The zero-order valence-electron chi connectivity index (χ0n) is 10.9. The van der Waals surface area contributed by atoms with Gasteiger partial charge in [0.05, 0.1) is 6.54 Å². The summed E-state index contributed by atoms with van der Waals surface area (Å²) in [6.45, 7) is 6.92. The van der Waals surface area contributed by atoms with Crippen LogP contribution in [0.2, 0.25) is 0 Å². The standard InChI is InChI=1S/C12H20N4OS/c1-9-8-18-10(14-9)7-16-5-3-12(2,4-6-16)11(13)15-17/h8,17H,3-7H2,1-2H3,(H2,13,15). The zero-order valence-corrected chi connectivity index (χ0v) is 11.7. The average Bonchev–Trinajstić information content (AvgIpc) is 2.77. The highest BCUT2D eigenvalue weighted by Crippen LogP contribution is 2.31. The fourth-order valence-electron chi connectivity index (χ4n) is 2.25. The molecular weight excluding hydrogens is 248 g/mol. The first-order chi connectivity index (χ1) is 8.53. The van der Waals surface area contributed by atoms with Crippen LogP contribution in [0.3, 0.4) is 0 Å². The van der Waals surface area contributed by atoms with Crippen LogP contribution in [0.5, 0.6) is 0 Å². The minimum Gasteiger partial charge on any atom is -0.409 e. The molecule has 1 aliphatic heterocycles. The number of hydrogen-bond acceptors (Lipinski definition) is 5. The van der Waals surface area contributed by atoms with E-state index in [1.165, 1.54) is 5.01 Å². The molecular formula is C12H20N4OS. The van der Waals surface area contributed by atoms with Gasteiger partial charge in [-0.3, -0.25) is 4.90 Å². The van der Waals surface area contributed by atoms with Gasteiger partial charge in [0.1, 0.15) is 10.8 Å². The van der Waals surface area contributed by atoms with E-state index in [1.807, 2.05) is 6.92 Å². The van der Waals surface area contributed by atoms with Crippen LogP contribution in [-0.2, 0) is 6.54 Å². The Morgan fingerprint density at radius 2 is 2.28 bits per heavy atom. The van der Waals surface area contributed by atoms with Crippen LogP contribution in [0.1, 0.15) is 30.5 Å².